The van der Waals surface area contributed by atoms with E-state index in [2.05, 4.69) is 38.4 Å². The van der Waals surface area contributed by atoms with Crippen molar-refractivity contribution >= 4 is 11.3 Å². The first kappa shape index (κ1) is 12.7. The zero-order valence-electron chi connectivity index (χ0n) is 10.4. The summed E-state index contributed by atoms with van der Waals surface area (Å²) >= 11 is 1.80. The zero-order valence-corrected chi connectivity index (χ0v) is 11.2. The molecule has 1 unspecified atom stereocenters. The Kier molecular flexibility index (Phi) is 4.74. The Morgan fingerprint density at radius 2 is 2.00 bits per heavy atom. The number of rotatable bonds is 5. The Morgan fingerprint density at radius 1 is 1.33 bits per heavy atom. The second kappa shape index (κ2) is 5.61. The van der Waals surface area contributed by atoms with E-state index in [-0.39, 0.29) is 0 Å². The monoisotopic (exact) mass is 226 g/mol. The lowest BCUT2D eigenvalue weighted by molar-refractivity contribution is 0.475. The van der Waals surface area contributed by atoms with Crippen molar-refractivity contribution in [2.45, 2.75) is 39.5 Å². The van der Waals surface area contributed by atoms with E-state index in [1.165, 1.54) is 10.7 Å². The van der Waals surface area contributed by atoms with Crippen molar-refractivity contribution in [3.63, 3.8) is 0 Å². The smallest absolute Gasteiger partial charge is 0.0974 e. The van der Waals surface area contributed by atoms with E-state index in [0.717, 1.165) is 6.54 Å². The first-order valence-corrected chi connectivity index (χ1v) is 6.54. The molecule has 0 saturated heterocycles. The molecule has 0 amide bonds. The van der Waals surface area contributed by atoms with Crippen LogP contribution in [0.1, 0.15) is 50.2 Å². The van der Waals surface area contributed by atoms with Crippen LogP contribution in [0.2, 0.25) is 0 Å². The molecule has 0 aromatic carbocycles. The van der Waals surface area contributed by atoms with Gasteiger partial charge in [0.2, 0.25) is 0 Å². The molecule has 2 nitrogen and oxygen atoms in total. The van der Waals surface area contributed by atoms with Gasteiger partial charge in [0, 0.05) is 17.8 Å². The fourth-order valence-electron chi connectivity index (χ4n) is 1.56. The Morgan fingerprint density at radius 3 is 2.40 bits per heavy atom. The third kappa shape index (κ3) is 3.28. The van der Waals surface area contributed by atoms with Gasteiger partial charge in [0.25, 0.3) is 0 Å². The molecule has 1 heterocycles. The van der Waals surface area contributed by atoms with Gasteiger partial charge in [0.05, 0.1) is 10.7 Å². The van der Waals surface area contributed by atoms with Gasteiger partial charge in [-0.1, -0.05) is 27.7 Å². The van der Waals surface area contributed by atoms with Gasteiger partial charge >= 0.3 is 0 Å². The third-order valence-corrected chi connectivity index (χ3v) is 3.67. The largest absolute Gasteiger partial charge is 0.319 e. The van der Waals surface area contributed by atoms with Crippen molar-refractivity contribution in [1.29, 1.82) is 0 Å². The third-order valence-electron chi connectivity index (χ3n) is 2.68. The van der Waals surface area contributed by atoms with Gasteiger partial charge in [0.15, 0.2) is 0 Å². The number of nitrogens with one attached hydrogen (secondary N) is 1. The quantitative estimate of drug-likeness (QED) is 0.834. The van der Waals surface area contributed by atoms with Crippen molar-refractivity contribution < 1.29 is 0 Å². The average Bonchev–Trinajstić information content (AvgIpc) is 2.62. The lowest BCUT2D eigenvalue weighted by atomic mass is 9.96. The molecule has 0 aliphatic heterocycles. The highest BCUT2D eigenvalue weighted by atomic mass is 32.1. The Labute approximate surface area is 97.1 Å². The Bertz CT molecular complexity index is 292. The molecule has 1 atom stereocenters. The fourth-order valence-corrected chi connectivity index (χ4v) is 2.82. The summed E-state index contributed by atoms with van der Waals surface area (Å²) < 4.78 is 0. The van der Waals surface area contributed by atoms with Crippen LogP contribution >= 0.6 is 11.3 Å². The molecular weight excluding hydrogens is 204 g/mol. The molecular formula is C12H22N2S. The minimum Gasteiger partial charge on any atom is -0.319 e. The molecule has 0 aliphatic rings. The molecule has 0 spiro atoms. The standard InChI is InChI=1S/C12H22N2S/c1-8(2)10(6-13-5)12-14-11(7-15-12)9(3)4/h7-10,13H,6H2,1-5H3. The van der Waals surface area contributed by atoms with Crippen LogP contribution in [0.3, 0.4) is 0 Å². The van der Waals surface area contributed by atoms with Crippen molar-refractivity contribution in [2.24, 2.45) is 5.92 Å². The highest BCUT2D eigenvalue weighted by molar-refractivity contribution is 7.09. The van der Waals surface area contributed by atoms with Crippen LogP contribution in [0.15, 0.2) is 5.38 Å². The molecule has 0 saturated carbocycles. The van der Waals surface area contributed by atoms with Crippen molar-refractivity contribution in [2.75, 3.05) is 13.6 Å². The first-order valence-electron chi connectivity index (χ1n) is 5.66. The molecule has 3 heteroatoms. The summed E-state index contributed by atoms with van der Waals surface area (Å²) in [6.07, 6.45) is 0. The van der Waals surface area contributed by atoms with Crippen LogP contribution in [-0.2, 0) is 0 Å². The molecule has 15 heavy (non-hydrogen) atoms. The Balaban J connectivity index is 2.81. The molecule has 1 N–H and O–H groups in total. The highest BCUT2D eigenvalue weighted by Gasteiger charge is 2.19. The molecule has 1 aromatic heterocycles. The SMILES string of the molecule is CNCC(c1nc(C(C)C)cs1)C(C)C. The number of aromatic nitrogens is 1. The second-order valence-electron chi connectivity index (χ2n) is 4.67. The van der Waals surface area contributed by atoms with Crippen LogP contribution in [0.25, 0.3) is 0 Å². The van der Waals surface area contributed by atoms with Gasteiger partial charge in [-0.25, -0.2) is 4.98 Å². The maximum Gasteiger partial charge on any atom is 0.0974 e. The molecule has 1 rings (SSSR count). The minimum atomic E-state index is 0.539. The summed E-state index contributed by atoms with van der Waals surface area (Å²) in [5, 5.41) is 6.73. The van der Waals surface area contributed by atoms with Gasteiger partial charge in [0.1, 0.15) is 0 Å². The van der Waals surface area contributed by atoms with Crippen LogP contribution in [-0.4, -0.2) is 18.6 Å². The lowest BCUT2D eigenvalue weighted by Crippen LogP contribution is -2.21. The summed E-state index contributed by atoms with van der Waals surface area (Å²) in [5.41, 5.74) is 1.23. The van der Waals surface area contributed by atoms with Crippen molar-refractivity contribution in [1.82, 2.24) is 10.3 Å². The van der Waals surface area contributed by atoms with E-state index in [9.17, 15) is 0 Å². The highest BCUT2D eigenvalue weighted by Crippen LogP contribution is 2.28. The number of thiazole rings is 1. The topological polar surface area (TPSA) is 24.9 Å². The van der Waals surface area contributed by atoms with E-state index in [0.29, 0.717) is 17.8 Å². The van der Waals surface area contributed by atoms with E-state index in [1.54, 1.807) is 11.3 Å². The maximum atomic E-state index is 4.73. The van der Waals surface area contributed by atoms with E-state index in [1.807, 2.05) is 7.05 Å². The van der Waals surface area contributed by atoms with Crippen LogP contribution in [0.5, 0.6) is 0 Å². The summed E-state index contributed by atoms with van der Waals surface area (Å²) in [6, 6.07) is 0. The molecule has 0 aliphatic carbocycles. The number of hydrogen-bond donors (Lipinski definition) is 1. The molecule has 1 aromatic rings. The van der Waals surface area contributed by atoms with Gasteiger partial charge in [-0.05, 0) is 18.9 Å². The summed E-state index contributed by atoms with van der Waals surface area (Å²) in [5.74, 6) is 1.73. The summed E-state index contributed by atoms with van der Waals surface area (Å²) in [7, 11) is 2.01. The van der Waals surface area contributed by atoms with E-state index < -0.39 is 0 Å². The maximum absolute atomic E-state index is 4.73. The van der Waals surface area contributed by atoms with Gasteiger partial charge < -0.3 is 5.32 Å². The number of likely N-dealkylation sites (N-methyl/N-ethyl adjacent to an activating group) is 1. The minimum absolute atomic E-state index is 0.539. The summed E-state index contributed by atoms with van der Waals surface area (Å²) in [6.45, 7) is 9.93. The van der Waals surface area contributed by atoms with E-state index >= 15 is 0 Å². The number of nitrogens with zero attached hydrogens (tertiary/aromatic N) is 1. The van der Waals surface area contributed by atoms with Crippen LogP contribution in [0, 0.1) is 5.92 Å². The Hall–Kier alpha value is -0.410. The summed E-state index contributed by atoms with van der Waals surface area (Å²) in [4.78, 5) is 4.73. The lowest BCUT2D eigenvalue weighted by Gasteiger charge is -2.17. The van der Waals surface area contributed by atoms with E-state index in [4.69, 9.17) is 4.98 Å². The predicted molar refractivity (Wildman–Crippen MR) is 67.7 cm³/mol. The van der Waals surface area contributed by atoms with Gasteiger partial charge in [-0.3, -0.25) is 0 Å². The van der Waals surface area contributed by atoms with Crippen molar-refractivity contribution in [3.05, 3.63) is 16.1 Å². The van der Waals surface area contributed by atoms with Crippen molar-refractivity contribution in [3.8, 4) is 0 Å². The first-order chi connectivity index (χ1) is 7.06. The molecule has 0 radical (unpaired) electrons. The van der Waals surface area contributed by atoms with Gasteiger partial charge in [-0.2, -0.15) is 0 Å². The fraction of sp³-hybridized carbons (Fsp3) is 0.750. The normalized spacial score (nSPS) is 13.8. The number of hydrogen-bond acceptors (Lipinski definition) is 3. The average molecular weight is 226 g/mol. The predicted octanol–water partition coefficient (Wildman–Crippen LogP) is 3.23. The molecule has 0 fully saturated rings. The van der Waals surface area contributed by atoms with Gasteiger partial charge in [-0.15, -0.1) is 11.3 Å². The molecule has 0 bridgehead atoms. The molecule has 86 valence electrons. The second-order valence-corrected chi connectivity index (χ2v) is 5.56. The van der Waals surface area contributed by atoms with Crippen LogP contribution in [0.4, 0.5) is 0 Å². The zero-order chi connectivity index (χ0) is 11.4. The van der Waals surface area contributed by atoms with Crippen LogP contribution < -0.4 is 5.32 Å².